The number of ketones is 1. The topological polar surface area (TPSA) is 17.1 Å². The van der Waals surface area contributed by atoms with Crippen molar-refractivity contribution in [2.45, 2.75) is 32.1 Å². The van der Waals surface area contributed by atoms with Crippen LogP contribution in [0.4, 0.5) is 0 Å². The van der Waals surface area contributed by atoms with E-state index in [9.17, 15) is 4.79 Å². The van der Waals surface area contributed by atoms with Crippen LogP contribution in [0.3, 0.4) is 0 Å². The van der Waals surface area contributed by atoms with Crippen LogP contribution in [-0.2, 0) is 11.2 Å². The molecule has 1 heteroatoms. The van der Waals surface area contributed by atoms with Crippen LogP contribution in [0.1, 0.15) is 36.8 Å². The van der Waals surface area contributed by atoms with Crippen LogP contribution in [0.25, 0.3) is 0 Å². The van der Waals surface area contributed by atoms with Gasteiger partial charge in [-0.2, -0.15) is 0 Å². The highest BCUT2D eigenvalue weighted by Gasteiger charge is 2.10. The summed E-state index contributed by atoms with van der Waals surface area (Å²) in [6, 6.07) is 20.4. The van der Waals surface area contributed by atoms with Crippen molar-refractivity contribution in [3.05, 3.63) is 71.8 Å². The second kappa shape index (κ2) is 6.89. The van der Waals surface area contributed by atoms with Gasteiger partial charge in [0.25, 0.3) is 0 Å². The van der Waals surface area contributed by atoms with Gasteiger partial charge in [0.2, 0.25) is 0 Å². The molecule has 98 valence electrons. The van der Waals surface area contributed by atoms with Gasteiger partial charge in [-0.15, -0.1) is 0 Å². The minimum absolute atomic E-state index is 0.310. The highest BCUT2D eigenvalue weighted by Crippen LogP contribution is 2.19. The average molecular weight is 252 g/mol. The summed E-state index contributed by atoms with van der Waals surface area (Å²) in [5, 5.41) is 0. The molecule has 0 spiro atoms. The quantitative estimate of drug-likeness (QED) is 0.745. The van der Waals surface area contributed by atoms with Crippen LogP contribution >= 0.6 is 0 Å². The van der Waals surface area contributed by atoms with Gasteiger partial charge in [-0.3, -0.25) is 4.79 Å². The summed E-state index contributed by atoms with van der Waals surface area (Å²) in [6.45, 7) is 2.12. The fourth-order valence-corrected chi connectivity index (χ4v) is 2.27. The Kier molecular flexibility index (Phi) is 4.91. The smallest absolute Gasteiger partial charge is 0.133 e. The minimum Gasteiger partial charge on any atom is -0.300 e. The van der Waals surface area contributed by atoms with Crippen molar-refractivity contribution in [1.29, 1.82) is 0 Å². The third kappa shape index (κ3) is 4.36. The average Bonchev–Trinajstić information content (AvgIpc) is 2.47. The molecule has 0 heterocycles. The third-order valence-electron chi connectivity index (χ3n) is 3.44. The van der Waals surface area contributed by atoms with Crippen molar-refractivity contribution in [3.8, 4) is 0 Å². The van der Waals surface area contributed by atoms with Gasteiger partial charge in [0.1, 0.15) is 5.78 Å². The molecule has 19 heavy (non-hydrogen) atoms. The molecular weight excluding hydrogens is 232 g/mol. The van der Waals surface area contributed by atoms with Crippen LogP contribution in [-0.4, -0.2) is 5.78 Å². The lowest BCUT2D eigenvalue weighted by molar-refractivity contribution is -0.119. The SMILES string of the molecule is CC(CC(=O)CCc1ccccc1)c1ccccc1. The zero-order chi connectivity index (χ0) is 13.5. The van der Waals surface area contributed by atoms with E-state index in [0.29, 0.717) is 24.5 Å². The van der Waals surface area contributed by atoms with E-state index >= 15 is 0 Å². The van der Waals surface area contributed by atoms with Crippen molar-refractivity contribution < 1.29 is 4.79 Å². The Labute approximate surface area is 115 Å². The summed E-state index contributed by atoms with van der Waals surface area (Å²) in [4.78, 5) is 12.0. The Balaban J connectivity index is 1.82. The highest BCUT2D eigenvalue weighted by atomic mass is 16.1. The summed E-state index contributed by atoms with van der Waals surface area (Å²) in [5.74, 6) is 0.657. The van der Waals surface area contributed by atoms with Gasteiger partial charge < -0.3 is 0 Å². The molecule has 0 saturated carbocycles. The number of carbonyl (C=O) groups excluding carboxylic acids is 1. The van der Waals surface area contributed by atoms with Crippen LogP contribution in [0.5, 0.6) is 0 Å². The zero-order valence-electron chi connectivity index (χ0n) is 11.4. The molecule has 0 amide bonds. The molecule has 1 nitrogen and oxygen atoms in total. The standard InChI is InChI=1S/C18H20O/c1-15(17-10-6-3-7-11-17)14-18(19)13-12-16-8-4-2-5-9-16/h2-11,15H,12-14H2,1H3. The predicted molar refractivity (Wildman–Crippen MR) is 79.2 cm³/mol. The lowest BCUT2D eigenvalue weighted by Crippen LogP contribution is -2.05. The van der Waals surface area contributed by atoms with Gasteiger partial charge in [0.05, 0.1) is 0 Å². The fraction of sp³-hybridized carbons (Fsp3) is 0.278. The largest absolute Gasteiger partial charge is 0.300 e. The molecule has 2 aromatic rings. The first-order valence-electron chi connectivity index (χ1n) is 6.86. The minimum atomic E-state index is 0.310. The summed E-state index contributed by atoms with van der Waals surface area (Å²) >= 11 is 0. The van der Waals surface area contributed by atoms with Crippen LogP contribution in [0.15, 0.2) is 60.7 Å². The van der Waals surface area contributed by atoms with Crippen molar-refractivity contribution in [2.24, 2.45) is 0 Å². The lowest BCUT2D eigenvalue weighted by Gasteiger charge is -2.10. The van der Waals surface area contributed by atoms with E-state index in [0.717, 1.165) is 6.42 Å². The van der Waals surface area contributed by atoms with E-state index in [4.69, 9.17) is 0 Å². The second-order valence-electron chi connectivity index (χ2n) is 5.04. The van der Waals surface area contributed by atoms with Crippen molar-refractivity contribution in [2.75, 3.05) is 0 Å². The molecule has 2 rings (SSSR count). The summed E-state index contributed by atoms with van der Waals surface area (Å²) in [7, 11) is 0. The number of benzene rings is 2. The highest BCUT2D eigenvalue weighted by molar-refractivity contribution is 5.79. The number of Topliss-reactive ketones (excluding diaryl/α,β-unsaturated/α-hetero) is 1. The molecular formula is C18H20O. The van der Waals surface area contributed by atoms with E-state index in [1.807, 2.05) is 36.4 Å². The van der Waals surface area contributed by atoms with Crippen LogP contribution in [0.2, 0.25) is 0 Å². The van der Waals surface area contributed by atoms with E-state index in [1.165, 1.54) is 11.1 Å². The number of aryl methyl sites for hydroxylation is 1. The first-order chi connectivity index (χ1) is 9.25. The number of hydrogen-bond acceptors (Lipinski definition) is 1. The first kappa shape index (κ1) is 13.5. The lowest BCUT2D eigenvalue weighted by atomic mass is 9.94. The number of rotatable bonds is 6. The molecule has 0 bridgehead atoms. The zero-order valence-corrected chi connectivity index (χ0v) is 11.4. The Bertz CT molecular complexity index is 502. The molecule has 0 fully saturated rings. The molecule has 2 aromatic carbocycles. The Morgan fingerprint density at radius 3 is 2.16 bits per heavy atom. The van der Waals surface area contributed by atoms with Crippen LogP contribution < -0.4 is 0 Å². The van der Waals surface area contributed by atoms with Gasteiger partial charge in [-0.1, -0.05) is 67.6 Å². The Morgan fingerprint density at radius 2 is 1.53 bits per heavy atom. The molecule has 0 aliphatic heterocycles. The molecule has 1 unspecified atom stereocenters. The van der Waals surface area contributed by atoms with Crippen LogP contribution in [0, 0.1) is 0 Å². The Hall–Kier alpha value is -1.89. The van der Waals surface area contributed by atoms with E-state index in [2.05, 4.69) is 31.2 Å². The van der Waals surface area contributed by atoms with Crippen molar-refractivity contribution in [1.82, 2.24) is 0 Å². The van der Waals surface area contributed by atoms with Gasteiger partial charge in [-0.25, -0.2) is 0 Å². The Morgan fingerprint density at radius 1 is 0.947 bits per heavy atom. The molecule has 0 saturated heterocycles. The number of carbonyl (C=O) groups is 1. The molecule has 0 aromatic heterocycles. The summed E-state index contributed by atoms with van der Waals surface area (Å²) in [5.41, 5.74) is 2.48. The number of hydrogen-bond donors (Lipinski definition) is 0. The van der Waals surface area contributed by atoms with Gasteiger partial charge in [0.15, 0.2) is 0 Å². The molecule has 0 N–H and O–H groups in total. The van der Waals surface area contributed by atoms with E-state index in [-0.39, 0.29) is 0 Å². The second-order valence-corrected chi connectivity index (χ2v) is 5.04. The van der Waals surface area contributed by atoms with Gasteiger partial charge in [-0.05, 0) is 23.5 Å². The monoisotopic (exact) mass is 252 g/mol. The maximum Gasteiger partial charge on any atom is 0.133 e. The fourth-order valence-electron chi connectivity index (χ4n) is 2.27. The third-order valence-corrected chi connectivity index (χ3v) is 3.44. The predicted octanol–water partition coefficient (Wildman–Crippen LogP) is 4.38. The molecule has 1 atom stereocenters. The van der Waals surface area contributed by atoms with E-state index < -0.39 is 0 Å². The summed E-state index contributed by atoms with van der Waals surface area (Å²) < 4.78 is 0. The summed E-state index contributed by atoms with van der Waals surface area (Å²) in [6.07, 6.45) is 2.12. The molecule has 0 aliphatic carbocycles. The van der Waals surface area contributed by atoms with Crippen molar-refractivity contribution >= 4 is 5.78 Å². The van der Waals surface area contributed by atoms with Gasteiger partial charge >= 0.3 is 0 Å². The maximum atomic E-state index is 12.0. The molecule has 0 radical (unpaired) electrons. The maximum absolute atomic E-state index is 12.0. The van der Waals surface area contributed by atoms with Gasteiger partial charge in [0, 0.05) is 12.8 Å². The normalized spacial score (nSPS) is 12.1. The molecule has 0 aliphatic rings. The first-order valence-corrected chi connectivity index (χ1v) is 6.86. The van der Waals surface area contributed by atoms with E-state index in [1.54, 1.807) is 0 Å². The van der Waals surface area contributed by atoms with Crippen molar-refractivity contribution in [3.63, 3.8) is 0 Å².